The zero-order chi connectivity index (χ0) is 7.56. The number of rotatable bonds is 1. The van der Waals surface area contributed by atoms with Crippen LogP contribution in [0, 0.1) is 9.39 Å². The highest BCUT2D eigenvalue weighted by atomic mass is 127. The summed E-state index contributed by atoms with van der Waals surface area (Å²) in [7, 11) is 0. The number of benzene rings is 1. The SMILES string of the molecule is CCc1c(F)cccc1I. The lowest BCUT2D eigenvalue weighted by Crippen LogP contribution is -1.90. The molecule has 0 heterocycles. The van der Waals surface area contributed by atoms with E-state index < -0.39 is 0 Å². The summed E-state index contributed by atoms with van der Waals surface area (Å²) in [5.74, 6) is -0.0885. The highest BCUT2D eigenvalue weighted by Crippen LogP contribution is 2.15. The first-order chi connectivity index (χ1) is 4.75. The minimum absolute atomic E-state index is 0.0885. The molecule has 0 radical (unpaired) electrons. The summed E-state index contributed by atoms with van der Waals surface area (Å²) in [6.45, 7) is 1.96. The maximum Gasteiger partial charge on any atom is 0.127 e. The van der Waals surface area contributed by atoms with E-state index >= 15 is 0 Å². The number of hydrogen-bond donors (Lipinski definition) is 0. The van der Waals surface area contributed by atoms with E-state index in [0.29, 0.717) is 0 Å². The Balaban J connectivity index is 3.17. The molecule has 0 aliphatic heterocycles. The summed E-state index contributed by atoms with van der Waals surface area (Å²) in [6.07, 6.45) is 0.769. The molecule has 0 saturated heterocycles. The predicted molar refractivity (Wildman–Crippen MR) is 48.5 cm³/mol. The summed E-state index contributed by atoms with van der Waals surface area (Å²) >= 11 is 2.15. The third kappa shape index (κ3) is 1.48. The summed E-state index contributed by atoms with van der Waals surface area (Å²) in [5.41, 5.74) is 0.822. The van der Waals surface area contributed by atoms with Crippen LogP contribution in [0.3, 0.4) is 0 Å². The van der Waals surface area contributed by atoms with Crippen molar-refractivity contribution in [1.82, 2.24) is 0 Å². The molecule has 1 aromatic carbocycles. The highest BCUT2D eigenvalue weighted by Gasteiger charge is 2.01. The van der Waals surface area contributed by atoms with E-state index in [0.717, 1.165) is 15.6 Å². The summed E-state index contributed by atoms with van der Waals surface area (Å²) in [6, 6.07) is 5.15. The Labute approximate surface area is 73.6 Å². The van der Waals surface area contributed by atoms with Gasteiger partial charge in [0.25, 0.3) is 0 Å². The minimum Gasteiger partial charge on any atom is -0.207 e. The molecule has 0 bridgehead atoms. The molecule has 0 aliphatic rings. The van der Waals surface area contributed by atoms with Crippen molar-refractivity contribution in [3.05, 3.63) is 33.1 Å². The molecule has 0 nitrogen and oxygen atoms in total. The Hall–Kier alpha value is -0.120. The molecular formula is C8H8FI. The monoisotopic (exact) mass is 250 g/mol. The average Bonchev–Trinajstić information content (AvgIpc) is 1.88. The van der Waals surface area contributed by atoms with Gasteiger partial charge in [0, 0.05) is 9.13 Å². The van der Waals surface area contributed by atoms with Gasteiger partial charge in [-0.3, -0.25) is 0 Å². The van der Waals surface area contributed by atoms with E-state index in [1.54, 1.807) is 6.07 Å². The first-order valence-electron chi connectivity index (χ1n) is 3.18. The van der Waals surface area contributed by atoms with Crippen LogP contribution in [0.1, 0.15) is 12.5 Å². The fraction of sp³-hybridized carbons (Fsp3) is 0.250. The van der Waals surface area contributed by atoms with Gasteiger partial charge in [-0.15, -0.1) is 0 Å². The van der Waals surface area contributed by atoms with E-state index in [1.165, 1.54) is 6.07 Å². The molecule has 10 heavy (non-hydrogen) atoms. The van der Waals surface area contributed by atoms with Gasteiger partial charge in [-0.25, -0.2) is 4.39 Å². The van der Waals surface area contributed by atoms with E-state index in [-0.39, 0.29) is 5.82 Å². The quantitative estimate of drug-likeness (QED) is 0.672. The standard InChI is InChI=1S/C8H8FI/c1-2-6-7(9)4-3-5-8(6)10/h3-5H,2H2,1H3. The van der Waals surface area contributed by atoms with Gasteiger partial charge >= 0.3 is 0 Å². The van der Waals surface area contributed by atoms with Gasteiger partial charge in [-0.2, -0.15) is 0 Å². The maximum atomic E-state index is 12.8. The van der Waals surface area contributed by atoms with E-state index in [2.05, 4.69) is 22.6 Å². The maximum absolute atomic E-state index is 12.8. The van der Waals surface area contributed by atoms with Crippen molar-refractivity contribution in [2.24, 2.45) is 0 Å². The Morgan fingerprint density at radius 2 is 2.20 bits per heavy atom. The van der Waals surface area contributed by atoms with Gasteiger partial charge in [0.05, 0.1) is 0 Å². The van der Waals surface area contributed by atoms with Crippen LogP contribution in [0.4, 0.5) is 4.39 Å². The van der Waals surface area contributed by atoms with E-state index in [1.807, 2.05) is 13.0 Å². The van der Waals surface area contributed by atoms with Crippen LogP contribution in [0.15, 0.2) is 18.2 Å². The van der Waals surface area contributed by atoms with Crippen LogP contribution in [-0.2, 0) is 6.42 Å². The fourth-order valence-corrected chi connectivity index (χ4v) is 1.72. The molecule has 0 spiro atoms. The molecule has 1 aromatic rings. The third-order valence-corrected chi connectivity index (χ3v) is 2.43. The molecule has 0 N–H and O–H groups in total. The Kier molecular flexibility index (Phi) is 2.65. The van der Waals surface area contributed by atoms with Crippen LogP contribution < -0.4 is 0 Å². The molecule has 0 saturated carbocycles. The molecule has 1 rings (SSSR count). The van der Waals surface area contributed by atoms with Gasteiger partial charge in [-0.1, -0.05) is 13.0 Å². The smallest absolute Gasteiger partial charge is 0.127 e. The summed E-state index contributed by atoms with van der Waals surface area (Å²) < 4.78 is 13.9. The normalized spacial score (nSPS) is 9.90. The molecule has 0 fully saturated rings. The summed E-state index contributed by atoms with van der Waals surface area (Å²) in [5, 5.41) is 0. The van der Waals surface area contributed by atoms with Crippen molar-refractivity contribution in [3.63, 3.8) is 0 Å². The summed E-state index contributed by atoms with van der Waals surface area (Å²) in [4.78, 5) is 0. The van der Waals surface area contributed by atoms with Crippen molar-refractivity contribution in [2.45, 2.75) is 13.3 Å². The Morgan fingerprint density at radius 3 is 2.60 bits per heavy atom. The lowest BCUT2D eigenvalue weighted by atomic mass is 10.2. The number of hydrogen-bond acceptors (Lipinski definition) is 0. The van der Waals surface area contributed by atoms with E-state index in [4.69, 9.17) is 0 Å². The van der Waals surface area contributed by atoms with Crippen molar-refractivity contribution >= 4 is 22.6 Å². The van der Waals surface area contributed by atoms with Gasteiger partial charge in [0.15, 0.2) is 0 Å². The highest BCUT2D eigenvalue weighted by molar-refractivity contribution is 14.1. The van der Waals surface area contributed by atoms with Crippen LogP contribution in [0.2, 0.25) is 0 Å². The zero-order valence-electron chi connectivity index (χ0n) is 5.70. The van der Waals surface area contributed by atoms with Crippen LogP contribution >= 0.6 is 22.6 Å². The zero-order valence-corrected chi connectivity index (χ0v) is 7.85. The molecule has 0 aromatic heterocycles. The molecular weight excluding hydrogens is 242 g/mol. The minimum atomic E-state index is -0.0885. The molecule has 0 unspecified atom stereocenters. The second-order valence-corrected chi connectivity index (χ2v) is 3.22. The first-order valence-corrected chi connectivity index (χ1v) is 4.26. The van der Waals surface area contributed by atoms with Crippen LogP contribution in [-0.4, -0.2) is 0 Å². The molecule has 0 aliphatic carbocycles. The van der Waals surface area contributed by atoms with Crippen molar-refractivity contribution in [3.8, 4) is 0 Å². The third-order valence-electron chi connectivity index (χ3n) is 1.42. The lowest BCUT2D eigenvalue weighted by Gasteiger charge is -2.00. The first kappa shape index (κ1) is 7.98. The fourth-order valence-electron chi connectivity index (χ4n) is 0.870. The number of halogens is 2. The topological polar surface area (TPSA) is 0 Å². The van der Waals surface area contributed by atoms with Crippen molar-refractivity contribution in [2.75, 3.05) is 0 Å². The average molecular weight is 250 g/mol. The molecule has 54 valence electrons. The van der Waals surface area contributed by atoms with Gasteiger partial charge in [-0.05, 0) is 41.1 Å². The van der Waals surface area contributed by atoms with Crippen LogP contribution in [0.5, 0.6) is 0 Å². The van der Waals surface area contributed by atoms with Crippen LogP contribution in [0.25, 0.3) is 0 Å². The molecule has 0 amide bonds. The Morgan fingerprint density at radius 1 is 1.50 bits per heavy atom. The van der Waals surface area contributed by atoms with Crippen molar-refractivity contribution < 1.29 is 4.39 Å². The van der Waals surface area contributed by atoms with Gasteiger partial charge in [0.1, 0.15) is 5.82 Å². The second-order valence-electron chi connectivity index (χ2n) is 2.05. The molecule has 2 heteroatoms. The van der Waals surface area contributed by atoms with E-state index in [9.17, 15) is 4.39 Å². The Bertz CT molecular complexity index is 212. The lowest BCUT2D eigenvalue weighted by molar-refractivity contribution is 0.610. The van der Waals surface area contributed by atoms with Gasteiger partial charge < -0.3 is 0 Å². The predicted octanol–water partition coefficient (Wildman–Crippen LogP) is 2.99. The van der Waals surface area contributed by atoms with Crippen molar-refractivity contribution in [1.29, 1.82) is 0 Å². The molecule has 0 atom stereocenters. The second kappa shape index (κ2) is 3.32. The van der Waals surface area contributed by atoms with Gasteiger partial charge in [0.2, 0.25) is 0 Å². The largest absolute Gasteiger partial charge is 0.207 e.